The van der Waals surface area contributed by atoms with E-state index in [9.17, 15) is 4.39 Å². The first kappa shape index (κ1) is 12.5. The van der Waals surface area contributed by atoms with Gasteiger partial charge in [-0.15, -0.1) is 10.2 Å². The minimum Gasteiger partial charge on any atom is -0.207 e. The number of aromatic nitrogens is 4. The van der Waals surface area contributed by atoms with Crippen LogP contribution in [0.15, 0.2) is 48.5 Å². The second-order valence-corrected chi connectivity index (χ2v) is 4.60. The molecule has 0 aliphatic rings. The van der Waals surface area contributed by atoms with Crippen LogP contribution in [-0.2, 0) is 6.54 Å². The predicted octanol–water partition coefficient (Wildman–Crippen LogP) is 2.84. The number of benzene rings is 2. The molecule has 0 saturated heterocycles. The van der Waals surface area contributed by atoms with E-state index in [1.807, 2.05) is 31.2 Å². The summed E-state index contributed by atoms with van der Waals surface area (Å²) in [6, 6.07) is 14.5. The van der Waals surface area contributed by atoms with Gasteiger partial charge in [0.1, 0.15) is 5.82 Å². The van der Waals surface area contributed by atoms with Crippen molar-refractivity contribution in [1.29, 1.82) is 0 Å². The van der Waals surface area contributed by atoms with Gasteiger partial charge < -0.3 is 0 Å². The average Bonchev–Trinajstić information content (AvgIpc) is 2.91. The fraction of sp³-hybridized carbons (Fsp3) is 0.133. The Kier molecular flexibility index (Phi) is 3.25. The van der Waals surface area contributed by atoms with E-state index in [1.165, 1.54) is 16.4 Å². The van der Waals surface area contributed by atoms with Crippen LogP contribution in [-0.4, -0.2) is 20.2 Å². The summed E-state index contributed by atoms with van der Waals surface area (Å²) in [5.74, 6) is 0.281. The largest absolute Gasteiger partial charge is 0.207 e. The van der Waals surface area contributed by atoms with E-state index in [1.54, 1.807) is 18.2 Å². The zero-order chi connectivity index (χ0) is 13.9. The van der Waals surface area contributed by atoms with Crippen molar-refractivity contribution in [3.8, 4) is 11.4 Å². The Morgan fingerprint density at radius 1 is 1.05 bits per heavy atom. The van der Waals surface area contributed by atoms with Crippen LogP contribution in [0.1, 0.15) is 11.1 Å². The molecule has 0 fully saturated rings. The maximum absolute atomic E-state index is 13.6. The van der Waals surface area contributed by atoms with Crippen LogP contribution in [0, 0.1) is 12.7 Å². The molecule has 2 aromatic carbocycles. The molecule has 1 aromatic heterocycles. The molecule has 0 saturated carbocycles. The van der Waals surface area contributed by atoms with Crippen molar-refractivity contribution >= 4 is 0 Å². The molecule has 3 aromatic rings. The highest BCUT2D eigenvalue weighted by atomic mass is 19.1. The standard InChI is InChI=1S/C15H13FN4/c1-11-6-8-12(9-7-11)15-17-19-20(18-15)10-13-4-2-3-5-14(13)16/h2-9H,10H2,1H3. The summed E-state index contributed by atoms with van der Waals surface area (Å²) in [6.07, 6.45) is 0. The molecule has 0 spiro atoms. The lowest BCUT2D eigenvalue weighted by Gasteiger charge is -2.00. The van der Waals surface area contributed by atoms with Gasteiger partial charge in [0.15, 0.2) is 0 Å². The van der Waals surface area contributed by atoms with E-state index < -0.39 is 0 Å². The Bertz CT molecular complexity index is 719. The van der Waals surface area contributed by atoms with E-state index in [-0.39, 0.29) is 12.4 Å². The van der Waals surface area contributed by atoms with Crippen molar-refractivity contribution in [3.63, 3.8) is 0 Å². The van der Waals surface area contributed by atoms with Crippen LogP contribution in [0.2, 0.25) is 0 Å². The zero-order valence-corrected chi connectivity index (χ0v) is 11.0. The molecule has 3 rings (SSSR count). The highest BCUT2D eigenvalue weighted by Crippen LogP contribution is 2.14. The number of nitrogens with zero attached hydrogens (tertiary/aromatic N) is 4. The van der Waals surface area contributed by atoms with Crippen molar-refractivity contribution in [2.75, 3.05) is 0 Å². The Labute approximate surface area is 115 Å². The van der Waals surface area contributed by atoms with E-state index in [0.29, 0.717) is 11.4 Å². The van der Waals surface area contributed by atoms with Crippen molar-refractivity contribution in [1.82, 2.24) is 20.2 Å². The molecule has 100 valence electrons. The average molecular weight is 268 g/mol. The SMILES string of the molecule is Cc1ccc(-c2nnn(Cc3ccccc3F)n2)cc1. The van der Waals surface area contributed by atoms with Gasteiger partial charge in [-0.25, -0.2) is 4.39 Å². The molecule has 1 heterocycles. The highest BCUT2D eigenvalue weighted by Gasteiger charge is 2.08. The summed E-state index contributed by atoms with van der Waals surface area (Å²) >= 11 is 0. The van der Waals surface area contributed by atoms with Gasteiger partial charge in [-0.3, -0.25) is 0 Å². The van der Waals surface area contributed by atoms with Crippen molar-refractivity contribution < 1.29 is 4.39 Å². The van der Waals surface area contributed by atoms with Crippen LogP contribution in [0.3, 0.4) is 0 Å². The lowest BCUT2D eigenvalue weighted by Crippen LogP contribution is -2.05. The van der Waals surface area contributed by atoms with Crippen molar-refractivity contribution in [3.05, 3.63) is 65.5 Å². The summed E-state index contributed by atoms with van der Waals surface area (Å²) in [6.45, 7) is 2.29. The molecule has 0 radical (unpaired) electrons. The molecular weight excluding hydrogens is 255 g/mol. The second-order valence-electron chi connectivity index (χ2n) is 4.60. The van der Waals surface area contributed by atoms with Crippen molar-refractivity contribution in [2.45, 2.75) is 13.5 Å². The minimum atomic E-state index is -0.262. The molecule has 20 heavy (non-hydrogen) atoms. The molecule has 4 nitrogen and oxygen atoms in total. The van der Waals surface area contributed by atoms with Crippen LogP contribution in [0.25, 0.3) is 11.4 Å². The summed E-state index contributed by atoms with van der Waals surface area (Å²) in [7, 11) is 0. The second kappa shape index (κ2) is 5.21. The third-order valence-corrected chi connectivity index (χ3v) is 3.03. The molecule has 0 unspecified atom stereocenters. The summed E-state index contributed by atoms with van der Waals surface area (Å²) in [5, 5.41) is 12.2. The number of hydrogen-bond acceptors (Lipinski definition) is 3. The number of rotatable bonds is 3. The summed E-state index contributed by atoms with van der Waals surface area (Å²) < 4.78 is 13.6. The van der Waals surface area contributed by atoms with E-state index in [2.05, 4.69) is 15.4 Å². The van der Waals surface area contributed by atoms with Gasteiger partial charge in [-0.1, -0.05) is 48.0 Å². The molecule has 0 bridgehead atoms. The molecule has 0 atom stereocenters. The summed E-state index contributed by atoms with van der Waals surface area (Å²) in [4.78, 5) is 1.40. The molecule has 0 aliphatic heterocycles. The smallest absolute Gasteiger partial charge is 0.204 e. The molecular formula is C15H13FN4. The van der Waals surface area contributed by atoms with Gasteiger partial charge in [-0.05, 0) is 18.2 Å². The van der Waals surface area contributed by atoms with Crippen molar-refractivity contribution in [2.24, 2.45) is 0 Å². The summed E-state index contributed by atoms with van der Waals surface area (Å²) in [5.41, 5.74) is 2.61. The van der Waals surface area contributed by atoms with Gasteiger partial charge in [0.25, 0.3) is 0 Å². The van der Waals surface area contributed by atoms with Crippen LogP contribution in [0.4, 0.5) is 4.39 Å². The number of halogens is 1. The normalized spacial score (nSPS) is 10.7. The van der Waals surface area contributed by atoms with Gasteiger partial charge in [0.05, 0.1) is 6.54 Å². The number of aryl methyl sites for hydroxylation is 1. The molecule has 5 heteroatoms. The Morgan fingerprint density at radius 2 is 1.80 bits per heavy atom. The molecule has 0 amide bonds. The highest BCUT2D eigenvalue weighted by molar-refractivity contribution is 5.54. The first-order chi connectivity index (χ1) is 9.72. The fourth-order valence-corrected chi connectivity index (χ4v) is 1.91. The lowest BCUT2D eigenvalue weighted by atomic mass is 10.1. The van der Waals surface area contributed by atoms with Crippen LogP contribution in [0.5, 0.6) is 0 Å². The monoisotopic (exact) mass is 268 g/mol. The number of tetrazole rings is 1. The maximum atomic E-state index is 13.6. The van der Waals surface area contributed by atoms with Gasteiger partial charge >= 0.3 is 0 Å². The van der Waals surface area contributed by atoms with E-state index in [0.717, 1.165) is 5.56 Å². The maximum Gasteiger partial charge on any atom is 0.204 e. The predicted molar refractivity (Wildman–Crippen MR) is 73.5 cm³/mol. The third kappa shape index (κ3) is 2.56. The van der Waals surface area contributed by atoms with Gasteiger partial charge in [-0.2, -0.15) is 4.80 Å². The lowest BCUT2D eigenvalue weighted by molar-refractivity contribution is 0.539. The van der Waals surface area contributed by atoms with Gasteiger partial charge in [0, 0.05) is 11.1 Å². The molecule has 0 aliphatic carbocycles. The van der Waals surface area contributed by atoms with Gasteiger partial charge in [0.2, 0.25) is 5.82 Å². The third-order valence-electron chi connectivity index (χ3n) is 3.03. The fourth-order valence-electron chi connectivity index (χ4n) is 1.91. The van der Waals surface area contributed by atoms with E-state index >= 15 is 0 Å². The van der Waals surface area contributed by atoms with E-state index in [4.69, 9.17) is 0 Å². The van der Waals surface area contributed by atoms with Crippen LogP contribution < -0.4 is 0 Å². The Morgan fingerprint density at radius 3 is 2.55 bits per heavy atom. The Balaban J connectivity index is 1.84. The zero-order valence-electron chi connectivity index (χ0n) is 11.0. The Hall–Kier alpha value is -2.56. The molecule has 0 N–H and O–H groups in total. The quantitative estimate of drug-likeness (QED) is 0.733. The van der Waals surface area contributed by atoms with Crippen LogP contribution >= 0.6 is 0 Å². The first-order valence-electron chi connectivity index (χ1n) is 6.30. The first-order valence-corrected chi connectivity index (χ1v) is 6.30. The topological polar surface area (TPSA) is 43.6 Å². The minimum absolute atomic E-state index is 0.262. The number of hydrogen-bond donors (Lipinski definition) is 0.